The maximum absolute atomic E-state index is 9.06. The average Bonchev–Trinajstić information content (AvgIpc) is 2.06. The van der Waals surface area contributed by atoms with Crippen molar-refractivity contribution < 1.29 is 5.11 Å². The van der Waals surface area contributed by atoms with Gasteiger partial charge in [-0.2, -0.15) is 0 Å². The van der Waals surface area contributed by atoms with Crippen molar-refractivity contribution in [1.29, 1.82) is 0 Å². The number of likely N-dealkylation sites (tertiary alicyclic amines) is 1. The molecule has 0 aromatic heterocycles. The third-order valence-electron chi connectivity index (χ3n) is 2.30. The van der Waals surface area contributed by atoms with Crippen molar-refractivity contribution in [2.75, 3.05) is 19.7 Å². The summed E-state index contributed by atoms with van der Waals surface area (Å²) in [4.78, 5) is 2.30. The van der Waals surface area contributed by atoms with Crippen molar-refractivity contribution in [2.45, 2.75) is 30.6 Å². The van der Waals surface area contributed by atoms with Gasteiger partial charge < -0.3 is 5.11 Å². The molecule has 0 bridgehead atoms. The molecule has 0 amide bonds. The third-order valence-corrected chi connectivity index (χ3v) is 3.06. The van der Waals surface area contributed by atoms with E-state index in [1.165, 1.54) is 19.3 Å². The van der Waals surface area contributed by atoms with Crippen LogP contribution in [0.15, 0.2) is 0 Å². The standard InChI is InChI=1S/C8H16BrNO/c1-8(9,7-11)10-5-3-2-4-6-10/h11H,2-7H2,1H3. The van der Waals surface area contributed by atoms with Crippen LogP contribution in [0.3, 0.4) is 0 Å². The van der Waals surface area contributed by atoms with Gasteiger partial charge in [0.05, 0.1) is 11.1 Å². The van der Waals surface area contributed by atoms with E-state index < -0.39 is 0 Å². The normalized spacial score (nSPS) is 26.5. The molecule has 1 aliphatic rings. The first-order chi connectivity index (χ1) is 5.17. The molecule has 3 heteroatoms. The first-order valence-corrected chi connectivity index (χ1v) is 5.01. The van der Waals surface area contributed by atoms with E-state index >= 15 is 0 Å². The van der Waals surface area contributed by atoms with Gasteiger partial charge >= 0.3 is 0 Å². The molecule has 11 heavy (non-hydrogen) atoms. The van der Waals surface area contributed by atoms with Gasteiger partial charge in [0.25, 0.3) is 0 Å². The Labute approximate surface area is 76.7 Å². The molecule has 1 aliphatic heterocycles. The second kappa shape index (κ2) is 3.87. The van der Waals surface area contributed by atoms with E-state index in [1.807, 2.05) is 6.92 Å². The summed E-state index contributed by atoms with van der Waals surface area (Å²) in [5.74, 6) is 0. The van der Waals surface area contributed by atoms with Crippen molar-refractivity contribution in [1.82, 2.24) is 4.90 Å². The van der Waals surface area contributed by atoms with Gasteiger partial charge in [-0.3, -0.25) is 4.90 Å². The van der Waals surface area contributed by atoms with E-state index in [-0.39, 0.29) is 11.1 Å². The highest BCUT2D eigenvalue weighted by atomic mass is 79.9. The highest BCUT2D eigenvalue weighted by Gasteiger charge is 2.28. The summed E-state index contributed by atoms with van der Waals surface area (Å²) in [6, 6.07) is 0. The van der Waals surface area contributed by atoms with Crippen LogP contribution in [-0.2, 0) is 0 Å². The number of halogens is 1. The Morgan fingerprint density at radius 1 is 1.36 bits per heavy atom. The van der Waals surface area contributed by atoms with Crippen LogP contribution >= 0.6 is 15.9 Å². The van der Waals surface area contributed by atoms with Crippen LogP contribution in [-0.4, -0.2) is 34.2 Å². The zero-order valence-corrected chi connectivity index (χ0v) is 8.60. The molecule has 1 atom stereocenters. The molecule has 0 aliphatic carbocycles. The Balaban J connectivity index is 2.43. The van der Waals surface area contributed by atoms with Crippen LogP contribution < -0.4 is 0 Å². The fourth-order valence-corrected chi connectivity index (χ4v) is 1.81. The number of hydrogen-bond acceptors (Lipinski definition) is 2. The van der Waals surface area contributed by atoms with E-state index in [4.69, 9.17) is 5.11 Å². The SMILES string of the molecule is CC(Br)(CO)N1CCCCC1. The maximum Gasteiger partial charge on any atom is 0.0971 e. The number of aliphatic hydroxyl groups is 1. The molecule has 1 saturated heterocycles. The smallest absolute Gasteiger partial charge is 0.0971 e. The van der Waals surface area contributed by atoms with E-state index in [9.17, 15) is 0 Å². The molecule has 1 fully saturated rings. The lowest BCUT2D eigenvalue weighted by molar-refractivity contribution is 0.0972. The van der Waals surface area contributed by atoms with Gasteiger partial charge in [0.15, 0.2) is 0 Å². The second-order valence-electron chi connectivity index (χ2n) is 3.35. The molecular weight excluding hydrogens is 206 g/mol. The van der Waals surface area contributed by atoms with Gasteiger partial charge in [-0.1, -0.05) is 22.4 Å². The van der Waals surface area contributed by atoms with Crippen LogP contribution in [0.25, 0.3) is 0 Å². The van der Waals surface area contributed by atoms with Gasteiger partial charge in [0, 0.05) is 0 Å². The number of nitrogens with zero attached hydrogens (tertiary/aromatic N) is 1. The van der Waals surface area contributed by atoms with Crippen LogP contribution in [0.1, 0.15) is 26.2 Å². The maximum atomic E-state index is 9.06. The average molecular weight is 222 g/mol. The van der Waals surface area contributed by atoms with E-state index in [0.29, 0.717) is 0 Å². The van der Waals surface area contributed by atoms with Crippen LogP contribution in [0.4, 0.5) is 0 Å². The highest BCUT2D eigenvalue weighted by molar-refractivity contribution is 9.10. The molecule has 1 unspecified atom stereocenters. The summed E-state index contributed by atoms with van der Waals surface area (Å²) in [5.41, 5.74) is 0. The van der Waals surface area contributed by atoms with Crippen molar-refractivity contribution >= 4 is 15.9 Å². The third kappa shape index (κ3) is 2.42. The molecule has 1 N–H and O–H groups in total. The van der Waals surface area contributed by atoms with Crippen molar-refractivity contribution in [3.63, 3.8) is 0 Å². The van der Waals surface area contributed by atoms with E-state index in [2.05, 4.69) is 20.8 Å². The summed E-state index contributed by atoms with van der Waals surface area (Å²) >= 11 is 3.52. The summed E-state index contributed by atoms with van der Waals surface area (Å²) in [6.07, 6.45) is 3.87. The lowest BCUT2D eigenvalue weighted by atomic mass is 10.1. The lowest BCUT2D eigenvalue weighted by Gasteiger charge is -2.37. The highest BCUT2D eigenvalue weighted by Crippen LogP contribution is 2.25. The molecule has 0 spiro atoms. The molecule has 1 heterocycles. The van der Waals surface area contributed by atoms with Crippen molar-refractivity contribution in [3.8, 4) is 0 Å². The fourth-order valence-electron chi connectivity index (χ4n) is 1.46. The van der Waals surface area contributed by atoms with E-state index in [0.717, 1.165) is 13.1 Å². The molecule has 66 valence electrons. The molecular formula is C8H16BrNO. The predicted molar refractivity (Wildman–Crippen MR) is 49.8 cm³/mol. The topological polar surface area (TPSA) is 23.5 Å². The minimum atomic E-state index is -0.187. The molecule has 2 nitrogen and oxygen atoms in total. The Morgan fingerprint density at radius 2 is 1.91 bits per heavy atom. The molecule has 0 radical (unpaired) electrons. The molecule has 0 saturated carbocycles. The molecule has 0 aromatic rings. The molecule has 1 rings (SSSR count). The summed E-state index contributed by atoms with van der Waals surface area (Å²) in [5, 5.41) is 9.06. The predicted octanol–water partition coefficient (Wildman–Crippen LogP) is 1.58. The van der Waals surface area contributed by atoms with Crippen molar-refractivity contribution in [2.24, 2.45) is 0 Å². The Bertz CT molecular complexity index is 121. The Kier molecular flexibility index (Phi) is 3.34. The van der Waals surface area contributed by atoms with Crippen LogP contribution in [0.5, 0.6) is 0 Å². The molecule has 0 aromatic carbocycles. The largest absolute Gasteiger partial charge is 0.394 e. The van der Waals surface area contributed by atoms with Crippen LogP contribution in [0.2, 0.25) is 0 Å². The van der Waals surface area contributed by atoms with E-state index in [1.54, 1.807) is 0 Å². The summed E-state index contributed by atoms with van der Waals surface area (Å²) < 4.78 is -0.187. The minimum Gasteiger partial charge on any atom is -0.394 e. The zero-order chi connectivity index (χ0) is 8.32. The number of hydrogen-bond donors (Lipinski definition) is 1. The van der Waals surface area contributed by atoms with Crippen LogP contribution in [0, 0.1) is 0 Å². The van der Waals surface area contributed by atoms with Gasteiger partial charge in [0.1, 0.15) is 0 Å². The van der Waals surface area contributed by atoms with Gasteiger partial charge in [-0.05, 0) is 32.9 Å². The number of rotatable bonds is 2. The van der Waals surface area contributed by atoms with Gasteiger partial charge in [0.2, 0.25) is 0 Å². The first kappa shape index (κ1) is 9.49. The fraction of sp³-hybridized carbons (Fsp3) is 1.00. The van der Waals surface area contributed by atoms with Gasteiger partial charge in [-0.15, -0.1) is 0 Å². The minimum absolute atomic E-state index is 0.187. The quantitative estimate of drug-likeness (QED) is 0.566. The second-order valence-corrected chi connectivity index (χ2v) is 5.06. The zero-order valence-electron chi connectivity index (χ0n) is 7.02. The lowest BCUT2D eigenvalue weighted by Crippen LogP contribution is -2.46. The Morgan fingerprint density at radius 3 is 2.36 bits per heavy atom. The monoisotopic (exact) mass is 221 g/mol. The number of aliphatic hydroxyl groups excluding tert-OH is 1. The number of piperidine rings is 1. The van der Waals surface area contributed by atoms with Crippen molar-refractivity contribution in [3.05, 3.63) is 0 Å². The van der Waals surface area contributed by atoms with Gasteiger partial charge in [-0.25, -0.2) is 0 Å². The first-order valence-electron chi connectivity index (χ1n) is 4.21. The summed E-state index contributed by atoms with van der Waals surface area (Å²) in [7, 11) is 0. The Hall–Kier alpha value is 0.400. The summed E-state index contributed by atoms with van der Waals surface area (Å²) in [6.45, 7) is 4.44. The number of alkyl halides is 1.